The van der Waals surface area contributed by atoms with Crippen LogP contribution in [0.5, 0.6) is 5.75 Å². The second-order valence-electron chi connectivity index (χ2n) is 8.78. The van der Waals surface area contributed by atoms with Crippen LogP contribution in [0, 0.1) is 11.6 Å². The van der Waals surface area contributed by atoms with Crippen molar-refractivity contribution >= 4 is 11.7 Å². The second kappa shape index (κ2) is 12.1. The van der Waals surface area contributed by atoms with Crippen molar-refractivity contribution < 1.29 is 33.0 Å². The lowest BCUT2D eigenvalue weighted by Gasteiger charge is -2.39. The van der Waals surface area contributed by atoms with Crippen molar-refractivity contribution in [1.82, 2.24) is 9.58 Å². The number of aryl methyl sites for hydroxylation is 1. The molecule has 196 valence electrons. The number of fused-ring (bicyclic) bond motifs is 1. The summed E-state index contributed by atoms with van der Waals surface area (Å²) < 4.78 is 39.1. The van der Waals surface area contributed by atoms with Gasteiger partial charge in [-0.15, -0.1) is 0 Å². The van der Waals surface area contributed by atoms with Gasteiger partial charge in [0.2, 0.25) is 5.43 Å². The van der Waals surface area contributed by atoms with Gasteiger partial charge in [0.15, 0.2) is 17.2 Å². The Labute approximate surface area is 207 Å². The topological polar surface area (TPSA) is 101 Å². The summed E-state index contributed by atoms with van der Waals surface area (Å²) in [6, 6.07) is 3.04. The van der Waals surface area contributed by atoms with Gasteiger partial charge >= 0.3 is 0 Å². The normalized spacial score (nSPS) is 13.4. The Bertz CT molecular complexity index is 1170. The summed E-state index contributed by atoms with van der Waals surface area (Å²) in [5, 5.41) is 12.4. The largest absolute Gasteiger partial charge is 0.502 e. The van der Waals surface area contributed by atoms with E-state index in [-0.39, 0.29) is 49.0 Å². The third kappa shape index (κ3) is 6.27. The summed E-state index contributed by atoms with van der Waals surface area (Å²) in [5.41, 5.74) is -1.42. The minimum Gasteiger partial charge on any atom is -0.502 e. The third-order valence-corrected chi connectivity index (χ3v) is 5.81. The fourth-order valence-electron chi connectivity index (χ4n) is 3.92. The lowest BCUT2D eigenvalue weighted by molar-refractivity contribution is 0.0561. The lowest BCUT2D eigenvalue weighted by atomic mass is 10.0. The van der Waals surface area contributed by atoms with Gasteiger partial charge < -0.3 is 19.5 Å². The third-order valence-electron chi connectivity index (χ3n) is 5.81. The number of nitrogens with zero attached hydrogens (tertiary/aromatic N) is 3. The van der Waals surface area contributed by atoms with E-state index in [2.05, 4.69) is 0 Å². The Balaban J connectivity index is 1.87. The zero-order valence-electron chi connectivity index (χ0n) is 20.6. The van der Waals surface area contributed by atoms with E-state index in [0.29, 0.717) is 26.1 Å². The van der Waals surface area contributed by atoms with E-state index in [1.54, 1.807) is 5.01 Å². The van der Waals surface area contributed by atoms with Crippen LogP contribution in [0.15, 0.2) is 29.2 Å². The maximum absolute atomic E-state index is 13.9. The van der Waals surface area contributed by atoms with Crippen LogP contribution in [0.3, 0.4) is 0 Å². The Morgan fingerprint density at radius 3 is 2.58 bits per heavy atom. The average Bonchev–Trinajstić information content (AvgIpc) is 2.83. The molecule has 0 bridgehead atoms. The Morgan fingerprint density at radius 2 is 1.92 bits per heavy atom. The molecule has 0 saturated heterocycles. The summed E-state index contributed by atoms with van der Waals surface area (Å²) in [4.78, 5) is 40.4. The molecular weight excluding hydrogens is 476 g/mol. The number of methoxy groups -OCH3 is 1. The molecule has 0 atom stereocenters. The van der Waals surface area contributed by atoms with Crippen molar-refractivity contribution in [3.8, 4) is 5.75 Å². The van der Waals surface area contributed by atoms with Crippen molar-refractivity contribution in [3.63, 3.8) is 0 Å². The first kappa shape index (κ1) is 27.3. The summed E-state index contributed by atoms with van der Waals surface area (Å²) in [6.45, 7) is 5.35. The highest BCUT2D eigenvalue weighted by atomic mass is 19.1. The molecule has 0 spiro atoms. The van der Waals surface area contributed by atoms with E-state index in [1.807, 2.05) is 13.8 Å². The molecular formula is C25H31F2N3O6. The van der Waals surface area contributed by atoms with Gasteiger partial charge in [0.05, 0.1) is 24.8 Å². The number of rotatable bonds is 12. The van der Waals surface area contributed by atoms with Crippen molar-refractivity contribution in [3.05, 3.63) is 63.1 Å². The number of Topliss-reactive ketones (excluding diaryl/α,β-unsaturated/α-hetero) is 1. The van der Waals surface area contributed by atoms with Gasteiger partial charge in [-0.05, 0) is 38.3 Å². The van der Waals surface area contributed by atoms with Crippen LogP contribution in [0.2, 0.25) is 0 Å². The molecule has 1 aliphatic rings. The Kier molecular flexibility index (Phi) is 9.16. The van der Waals surface area contributed by atoms with Crippen LogP contribution in [0.25, 0.3) is 0 Å². The fourth-order valence-corrected chi connectivity index (χ4v) is 3.92. The molecule has 3 rings (SSSR count). The number of hydrogen-bond acceptors (Lipinski definition) is 7. The van der Waals surface area contributed by atoms with Crippen LogP contribution < -0.4 is 10.4 Å². The predicted octanol–water partition coefficient (Wildman–Crippen LogP) is 2.46. The minimum absolute atomic E-state index is 0.0547. The SMILES string of the molecule is COCCN1CN(CCCOC(C)C)C(=O)c2c(O)c(=O)c(C(=O)CCc3ccc(F)cc3F)cn21. The fraction of sp³-hybridized carbons (Fsp3) is 0.480. The summed E-state index contributed by atoms with van der Waals surface area (Å²) >= 11 is 0. The highest BCUT2D eigenvalue weighted by molar-refractivity contribution is 6.00. The molecule has 0 fully saturated rings. The summed E-state index contributed by atoms with van der Waals surface area (Å²) in [5.74, 6) is -3.54. The molecule has 1 N–H and O–H groups in total. The number of hydrogen-bond donors (Lipinski definition) is 1. The maximum atomic E-state index is 13.9. The first-order valence-corrected chi connectivity index (χ1v) is 11.7. The zero-order valence-corrected chi connectivity index (χ0v) is 20.6. The Hall–Kier alpha value is -3.31. The van der Waals surface area contributed by atoms with Gasteiger partial charge in [0.25, 0.3) is 5.91 Å². The van der Waals surface area contributed by atoms with Gasteiger partial charge in [0.1, 0.15) is 18.3 Å². The number of aromatic hydroxyl groups is 1. The van der Waals surface area contributed by atoms with Crippen LogP contribution in [0.4, 0.5) is 8.78 Å². The number of amides is 1. The van der Waals surface area contributed by atoms with E-state index in [1.165, 1.54) is 28.9 Å². The first-order valence-electron chi connectivity index (χ1n) is 11.7. The molecule has 9 nitrogen and oxygen atoms in total. The molecule has 0 aliphatic carbocycles. The number of benzene rings is 1. The number of aromatic nitrogens is 1. The van der Waals surface area contributed by atoms with Crippen molar-refractivity contribution in [2.24, 2.45) is 0 Å². The smallest absolute Gasteiger partial charge is 0.277 e. The molecule has 0 unspecified atom stereocenters. The molecule has 0 radical (unpaired) electrons. The van der Waals surface area contributed by atoms with Gasteiger partial charge in [-0.3, -0.25) is 24.1 Å². The predicted molar refractivity (Wildman–Crippen MR) is 128 cm³/mol. The van der Waals surface area contributed by atoms with Crippen LogP contribution in [0.1, 0.15) is 53.1 Å². The van der Waals surface area contributed by atoms with Crippen LogP contribution in [-0.2, 0) is 15.9 Å². The highest BCUT2D eigenvalue weighted by Crippen LogP contribution is 2.22. The van der Waals surface area contributed by atoms with E-state index in [9.17, 15) is 28.3 Å². The van der Waals surface area contributed by atoms with Gasteiger partial charge in [-0.25, -0.2) is 8.78 Å². The molecule has 36 heavy (non-hydrogen) atoms. The molecule has 2 aromatic rings. The van der Waals surface area contributed by atoms with E-state index < -0.39 is 34.5 Å². The van der Waals surface area contributed by atoms with E-state index in [0.717, 1.165) is 12.1 Å². The number of ketones is 1. The first-order chi connectivity index (χ1) is 17.1. The number of pyridine rings is 1. The standard InChI is InChI=1S/C25H31F2N3O6/c1-16(2)36-11-4-9-28-15-29(10-12-35-3)30-14-19(23(32)24(33)22(30)25(28)34)21(31)8-6-17-5-7-18(26)13-20(17)27/h5,7,13-14,16,33H,4,6,8-12,15H2,1-3H3. The van der Waals surface area contributed by atoms with E-state index >= 15 is 0 Å². The van der Waals surface area contributed by atoms with Crippen molar-refractivity contribution in [2.45, 2.75) is 39.2 Å². The number of carbonyl (C=O) groups is 2. The van der Waals surface area contributed by atoms with Crippen LogP contribution >= 0.6 is 0 Å². The molecule has 1 amide bonds. The molecule has 1 aromatic heterocycles. The monoisotopic (exact) mass is 507 g/mol. The molecule has 0 saturated carbocycles. The number of ether oxygens (including phenoxy) is 2. The maximum Gasteiger partial charge on any atom is 0.277 e. The molecule has 1 aromatic carbocycles. The quantitative estimate of drug-likeness (QED) is 0.348. The number of carbonyl (C=O) groups excluding carboxylic acids is 2. The lowest BCUT2D eigenvalue weighted by Crippen LogP contribution is -2.55. The minimum atomic E-state index is -0.976. The molecule has 11 heteroatoms. The Morgan fingerprint density at radius 1 is 1.17 bits per heavy atom. The highest BCUT2D eigenvalue weighted by Gasteiger charge is 2.34. The summed E-state index contributed by atoms with van der Waals surface area (Å²) in [6.07, 6.45) is 1.53. The summed E-state index contributed by atoms with van der Waals surface area (Å²) in [7, 11) is 1.52. The second-order valence-corrected chi connectivity index (χ2v) is 8.78. The average molecular weight is 508 g/mol. The van der Waals surface area contributed by atoms with Gasteiger partial charge in [-0.1, -0.05) is 6.07 Å². The molecule has 2 heterocycles. The molecule has 1 aliphatic heterocycles. The number of halogens is 2. The van der Waals surface area contributed by atoms with Gasteiger partial charge in [0, 0.05) is 38.9 Å². The van der Waals surface area contributed by atoms with Crippen LogP contribution in [-0.4, -0.2) is 72.6 Å². The zero-order chi connectivity index (χ0) is 26.4. The van der Waals surface area contributed by atoms with Gasteiger partial charge in [-0.2, -0.15) is 0 Å². The van der Waals surface area contributed by atoms with Crippen molar-refractivity contribution in [2.75, 3.05) is 45.1 Å². The van der Waals surface area contributed by atoms with Crippen molar-refractivity contribution in [1.29, 1.82) is 0 Å². The van der Waals surface area contributed by atoms with E-state index in [4.69, 9.17) is 9.47 Å².